The van der Waals surface area contributed by atoms with E-state index >= 15 is 0 Å². The van der Waals surface area contributed by atoms with E-state index in [1.54, 1.807) is 12.1 Å². The van der Waals surface area contributed by atoms with Crippen molar-refractivity contribution in [3.8, 4) is 11.3 Å². The van der Waals surface area contributed by atoms with Crippen molar-refractivity contribution < 1.29 is 14.1 Å². The van der Waals surface area contributed by atoms with Crippen molar-refractivity contribution in [3.63, 3.8) is 0 Å². The highest BCUT2D eigenvalue weighted by atomic mass is 19.1. The fourth-order valence-corrected chi connectivity index (χ4v) is 2.46. The van der Waals surface area contributed by atoms with Crippen LogP contribution in [0.25, 0.3) is 11.3 Å². The zero-order chi connectivity index (χ0) is 20.1. The monoisotopic (exact) mass is 382 g/mol. The molecule has 1 amide bonds. The molecular weight excluding hydrogens is 367 g/mol. The van der Waals surface area contributed by atoms with Crippen LogP contribution in [0, 0.1) is 15.9 Å². The molecule has 2 aromatic carbocycles. The number of hydrogen-bond acceptors (Lipinski definition) is 5. The number of non-ortho nitro benzene ring substituents is 1. The Hall–Kier alpha value is -3.88. The summed E-state index contributed by atoms with van der Waals surface area (Å²) in [5.41, 5.74) is 1.18. The van der Waals surface area contributed by atoms with Gasteiger partial charge in [0.1, 0.15) is 12.4 Å². The van der Waals surface area contributed by atoms with Crippen molar-refractivity contribution >= 4 is 11.6 Å². The van der Waals surface area contributed by atoms with E-state index in [-0.39, 0.29) is 24.6 Å². The van der Waals surface area contributed by atoms with Crippen LogP contribution < -0.4 is 10.9 Å². The van der Waals surface area contributed by atoms with Gasteiger partial charge in [-0.2, -0.15) is 5.10 Å². The number of carbonyl (C=O) groups excluding carboxylic acids is 1. The number of nitrogens with one attached hydrogen (secondary N) is 1. The number of halogens is 1. The van der Waals surface area contributed by atoms with Crippen molar-refractivity contribution in [2.75, 3.05) is 0 Å². The van der Waals surface area contributed by atoms with Crippen LogP contribution in [-0.4, -0.2) is 20.6 Å². The summed E-state index contributed by atoms with van der Waals surface area (Å²) in [4.78, 5) is 34.3. The number of amides is 1. The number of benzene rings is 2. The molecule has 0 bridgehead atoms. The van der Waals surface area contributed by atoms with Crippen molar-refractivity contribution in [2.45, 2.75) is 13.1 Å². The first-order valence-corrected chi connectivity index (χ1v) is 8.26. The molecule has 0 saturated carbocycles. The highest BCUT2D eigenvalue weighted by Gasteiger charge is 2.10. The lowest BCUT2D eigenvalue weighted by Crippen LogP contribution is -2.33. The number of carbonyl (C=O) groups is 1. The number of nitrogens with zero attached hydrogens (tertiary/aromatic N) is 3. The lowest BCUT2D eigenvalue weighted by atomic mass is 10.1. The maximum absolute atomic E-state index is 12.9. The van der Waals surface area contributed by atoms with Gasteiger partial charge in [0, 0.05) is 30.3 Å². The second-order valence-corrected chi connectivity index (χ2v) is 5.92. The average Bonchev–Trinajstić information content (AvgIpc) is 2.69. The molecule has 1 aromatic heterocycles. The topological polar surface area (TPSA) is 107 Å². The van der Waals surface area contributed by atoms with E-state index in [1.165, 1.54) is 48.5 Å². The molecule has 0 aliphatic carbocycles. The molecule has 9 heteroatoms. The third-order valence-corrected chi connectivity index (χ3v) is 3.94. The Morgan fingerprint density at radius 3 is 2.39 bits per heavy atom. The summed E-state index contributed by atoms with van der Waals surface area (Å²) in [5.74, 6) is -0.798. The minimum Gasteiger partial charge on any atom is -0.350 e. The molecular formula is C19H15FN4O4. The third kappa shape index (κ3) is 4.64. The van der Waals surface area contributed by atoms with Crippen LogP contribution in [0.2, 0.25) is 0 Å². The minimum atomic E-state index is -0.510. The Labute approximate surface area is 158 Å². The Balaban J connectivity index is 1.70. The van der Waals surface area contributed by atoms with E-state index in [0.717, 1.165) is 10.2 Å². The number of hydrogen-bond donors (Lipinski definition) is 1. The lowest BCUT2D eigenvalue weighted by molar-refractivity contribution is -0.384. The minimum absolute atomic E-state index is 0.0581. The van der Waals surface area contributed by atoms with Crippen LogP contribution in [0.4, 0.5) is 10.1 Å². The first-order valence-electron chi connectivity index (χ1n) is 8.26. The van der Waals surface area contributed by atoms with Gasteiger partial charge in [-0.1, -0.05) is 12.1 Å². The first-order chi connectivity index (χ1) is 13.4. The zero-order valence-corrected chi connectivity index (χ0v) is 14.5. The largest absolute Gasteiger partial charge is 0.350 e. The zero-order valence-electron chi connectivity index (χ0n) is 14.5. The van der Waals surface area contributed by atoms with Gasteiger partial charge < -0.3 is 5.32 Å². The van der Waals surface area contributed by atoms with Crippen LogP contribution >= 0.6 is 0 Å². The summed E-state index contributed by atoms with van der Waals surface area (Å²) in [5, 5.41) is 17.5. The second kappa shape index (κ2) is 8.21. The van der Waals surface area contributed by atoms with Crippen molar-refractivity contribution in [1.82, 2.24) is 15.1 Å². The highest BCUT2D eigenvalue weighted by Crippen LogP contribution is 2.19. The van der Waals surface area contributed by atoms with Crippen LogP contribution in [0.5, 0.6) is 0 Å². The Morgan fingerprint density at radius 2 is 1.75 bits per heavy atom. The van der Waals surface area contributed by atoms with Gasteiger partial charge in [0.05, 0.1) is 10.6 Å². The maximum atomic E-state index is 12.9. The quantitative estimate of drug-likeness (QED) is 0.520. The van der Waals surface area contributed by atoms with Gasteiger partial charge in [-0.15, -0.1) is 0 Å². The van der Waals surface area contributed by atoms with Crippen molar-refractivity contribution in [1.29, 1.82) is 0 Å². The molecule has 0 radical (unpaired) electrons. The van der Waals surface area contributed by atoms with Gasteiger partial charge in [0.15, 0.2) is 0 Å². The van der Waals surface area contributed by atoms with Gasteiger partial charge in [-0.25, -0.2) is 9.07 Å². The van der Waals surface area contributed by atoms with E-state index in [9.17, 15) is 24.1 Å². The summed E-state index contributed by atoms with van der Waals surface area (Å²) < 4.78 is 13.9. The Kier molecular flexibility index (Phi) is 5.54. The van der Waals surface area contributed by atoms with Crippen molar-refractivity contribution in [2.24, 2.45) is 0 Å². The number of nitro benzene ring substituents is 1. The predicted octanol–water partition coefficient (Wildman–Crippen LogP) is 2.27. The third-order valence-electron chi connectivity index (χ3n) is 3.94. The first kappa shape index (κ1) is 18.9. The van der Waals surface area contributed by atoms with E-state index < -0.39 is 16.4 Å². The van der Waals surface area contributed by atoms with Gasteiger partial charge >= 0.3 is 0 Å². The van der Waals surface area contributed by atoms with Gasteiger partial charge in [-0.05, 0) is 35.9 Å². The number of aromatic nitrogens is 2. The normalized spacial score (nSPS) is 10.5. The lowest BCUT2D eigenvalue weighted by Gasteiger charge is -2.08. The SMILES string of the molecule is O=C(Cn1nc(-c2ccc([N+](=O)[O-])cc2)ccc1=O)NCc1ccc(F)cc1. The Bertz CT molecular complexity index is 1060. The molecule has 142 valence electrons. The molecule has 0 aliphatic heterocycles. The molecule has 0 unspecified atom stereocenters. The van der Waals surface area contributed by atoms with Gasteiger partial charge in [0.25, 0.3) is 11.2 Å². The molecule has 3 aromatic rings. The molecule has 8 nitrogen and oxygen atoms in total. The van der Waals surface area contributed by atoms with Crippen molar-refractivity contribution in [3.05, 3.63) is 92.5 Å². The maximum Gasteiger partial charge on any atom is 0.269 e. The average molecular weight is 382 g/mol. The van der Waals surface area contributed by atoms with E-state index in [1.807, 2.05) is 0 Å². The van der Waals surface area contributed by atoms with E-state index in [2.05, 4.69) is 10.4 Å². The second-order valence-electron chi connectivity index (χ2n) is 5.92. The summed E-state index contributed by atoms with van der Waals surface area (Å²) in [6.45, 7) is -0.100. The fraction of sp³-hybridized carbons (Fsp3) is 0.105. The Morgan fingerprint density at radius 1 is 1.07 bits per heavy atom. The molecule has 0 atom stereocenters. The van der Waals surface area contributed by atoms with Gasteiger partial charge in [0.2, 0.25) is 5.91 Å². The van der Waals surface area contributed by atoms with E-state index in [0.29, 0.717) is 11.3 Å². The fourth-order valence-electron chi connectivity index (χ4n) is 2.46. The summed E-state index contributed by atoms with van der Waals surface area (Å²) in [6, 6.07) is 14.2. The van der Waals surface area contributed by atoms with Crippen LogP contribution in [0.3, 0.4) is 0 Å². The standard InChI is InChI=1S/C19H15FN4O4/c20-15-5-1-13(2-6-15)11-21-18(25)12-23-19(26)10-9-17(22-23)14-3-7-16(8-4-14)24(27)28/h1-10H,11-12H2,(H,21,25). The summed E-state index contributed by atoms with van der Waals surface area (Å²) >= 11 is 0. The molecule has 0 fully saturated rings. The molecule has 0 saturated heterocycles. The van der Waals surface area contributed by atoms with Crippen LogP contribution in [-0.2, 0) is 17.9 Å². The highest BCUT2D eigenvalue weighted by molar-refractivity contribution is 5.75. The van der Waals surface area contributed by atoms with Crippen LogP contribution in [0.1, 0.15) is 5.56 Å². The molecule has 1 heterocycles. The molecule has 0 spiro atoms. The number of rotatable bonds is 6. The molecule has 28 heavy (non-hydrogen) atoms. The molecule has 3 rings (SSSR count). The number of nitro groups is 1. The van der Waals surface area contributed by atoms with E-state index in [4.69, 9.17) is 0 Å². The molecule has 0 aliphatic rings. The predicted molar refractivity (Wildman–Crippen MR) is 98.8 cm³/mol. The van der Waals surface area contributed by atoms with Gasteiger partial charge in [-0.3, -0.25) is 19.7 Å². The summed E-state index contributed by atoms with van der Waals surface area (Å²) in [7, 11) is 0. The smallest absolute Gasteiger partial charge is 0.269 e. The molecule has 1 N–H and O–H groups in total. The van der Waals surface area contributed by atoms with Crippen LogP contribution in [0.15, 0.2) is 65.5 Å². The summed E-state index contributed by atoms with van der Waals surface area (Å²) in [6.07, 6.45) is 0.